The molecular formula is C27H30F4N6O6. The smallest absolute Gasteiger partial charge is 0.475 e. The van der Waals surface area contributed by atoms with Crippen molar-refractivity contribution >= 4 is 17.8 Å². The summed E-state index contributed by atoms with van der Waals surface area (Å²) in [4.78, 5) is 54.0. The van der Waals surface area contributed by atoms with E-state index < -0.39 is 29.9 Å². The highest BCUT2D eigenvalue weighted by atomic mass is 19.4. The van der Waals surface area contributed by atoms with E-state index in [0.29, 0.717) is 35.0 Å². The SMILES string of the molecule is Cc1c(Cc2ccc(F)c(C(=O)N3CCN(C(C)c4nc(C(C)C)no4)C(=O)C3)c2)n[nH]c(=O)c1C.O=C(O)C(F)(F)F. The predicted octanol–water partition coefficient (Wildman–Crippen LogP) is 3.30. The second-order valence-corrected chi connectivity index (χ2v) is 10.2. The van der Waals surface area contributed by atoms with Gasteiger partial charge in [0.05, 0.1) is 11.3 Å². The summed E-state index contributed by atoms with van der Waals surface area (Å²) in [5, 5.41) is 17.6. The zero-order chi connectivity index (χ0) is 32.2. The summed E-state index contributed by atoms with van der Waals surface area (Å²) in [5.41, 5.74) is 2.23. The maximum Gasteiger partial charge on any atom is 0.490 e. The maximum absolute atomic E-state index is 14.7. The normalized spacial score (nSPS) is 14.4. The van der Waals surface area contributed by atoms with Crippen LogP contribution in [-0.2, 0) is 16.0 Å². The van der Waals surface area contributed by atoms with Crippen LogP contribution < -0.4 is 5.56 Å². The van der Waals surface area contributed by atoms with Gasteiger partial charge in [-0.1, -0.05) is 25.1 Å². The van der Waals surface area contributed by atoms with E-state index in [9.17, 15) is 31.9 Å². The second kappa shape index (κ2) is 13.1. The lowest BCUT2D eigenvalue weighted by Crippen LogP contribution is -2.53. The van der Waals surface area contributed by atoms with Crippen molar-refractivity contribution in [2.75, 3.05) is 19.6 Å². The third-order valence-electron chi connectivity index (χ3n) is 6.85. The third-order valence-corrected chi connectivity index (χ3v) is 6.85. The summed E-state index contributed by atoms with van der Waals surface area (Å²) < 4.78 is 51.7. The number of carboxylic acids is 1. The molecular weight excluding hydrogens is 580 g/mol. The van der Waals surface area contributed by atoms with Gasteiger partial charge in [-0.15, -0.1) is 0 Å². The van der Waals surface area contributed by atoms with E-state index in [1.165, 1.54) is 17.0 Å². The highest BCUT2D eigenvalue weighted by Crippen LogP contribution is 2.24. The minimum absolute atomic E-state index is 0.0958. The van der Waals surface area contributed by atoms with Gasteiger partial charge >= 0.3 is 12.1 Å². The quantitative estimate of drug-likeness (QED) is 0.399. The summed E-state index contributed by atoms with van der Waals surface area (Å²) in [5.74, 6) is -3.26. The number of rotatable bonds is 6. The molecule has 0 radical (unpaired) electrons. The van der Waals surface area contributed by atoms with Crippen molar-refractivity contribution < 1.29 is 41.6 Å². The van der Waals surface area contributed by atoms with Crippen LogP contribution in [0, 0.1) is 19.7 Å². The molecule has 1 atom stereocenters. The Labute approximate surface area is 242 Å². The number of aromatic nitrogens is 4. The molecule has 1 saturated heterocycles. The lowest BCUT2D eigenvalue weighted by Gasteiger charge is -2.36. The molecule has 2 amide bonds. The van der Waals surface area contributed by atoms with Crippen LogP contribution in [-0.4, -0.2) is 78.8 Å². The number of halogens is 4. The summed E-state index contributed by atoms with van der Waals surface area (Å²) in [6, 6.07) is 3.85. The second-order valence-electron chi connectivity index (χ2n) is 10.2. The zero-order valence-corrected chi connectivity index (χ0v) is 24.0. The average Bonchev–Trinajstić information content (AvgIpc) is 3.44. The summed E-state index contributed by atoms with van der Waals surface area (Å²) in [6.45, 7) is 9.51. The van der Waals surface area contributed by atoms with Crippen molar-refractivity contribution in [2.45, 2.75) is 59.2 Å². The molecule has 0 spiro atoms. The first kappa shape index (κ1) is 32.9. The number of benzene rings is 1. The third kappa shape index (κ3) is 7.81. The van der Waals surface area contributed by atoms with Gasteiger partial charge in [-0.3, -0.25) is 14.4 Å². The Kier molecular flexibility index (Phi) is 10.0. The monoisotopic (exact) mass is 610 g/mol. The van der Waals surface area contributed by atoms with Crippen molar-refractivity contribution in [2.24, 2.45) is 0 Å². The Morgan fingerprint density at radius 1 is 1.12 bits per heavy atom. The largest absolute Gasteiger partial charge is 0.490 e. The van der Waals surface area contributed by atoms with Gasteiger partial charge in [-0.2, -0.15) is 23.3 Å². The van der Waals surface area contributed by atoms with Crippen LogP contribution >= 0.6 is 0 Å². The molecule has 0 bridgehead atoms. The summed E-state index contributed by atoms with van der Waals surface area (Å²) >= 11 is 0. The van der Waals surface area contributed by atoms with Gasteiger partial charge in [0, 0.05) is 31.0 Å². The average molecular weight is 611 g/mol. The molecule has 16 heteroatoms. The number of aromatic amines is 1. The molecule has 232 valence electrons. The topological polar surface area (TPSA) is 163 Å². The lowest BCUT2D eigenvalue weighted by molar-refractivity contribution is -0.192. The summed E-state index contributed by atoms with van der Waals surface area (Å²) in [7, 11) is 0. The van der Waals surface area contributed by atoms with Crippen molar-refractivity contribution in [3.05, 3.63) is 74.0 Å². The predicted molar refractivity (Wildman–Crippen MR) is 142 cm³/mol. The van der Waals surface area contributed by atoms with Crippen LogP contribution in [0.1, 0.15) is 77.2 Å². The molecule has 12 nitrogen and oxygen atoms in total. The number of piperazine rings is 1. The Morgan fingerprint density at radius 2 is 1.77 bits per heavy atom. The van der Waals surface area contributed by atoms with Gasteiger partial charge < -0.3 is 19.4 Å². The molecule has 1 fully saturated rings. The molecule has 1 aliphatic rings. The first-order valence-electron chi connectivity index (χ1n) is 13.1. The number of hydrogen-bond donors (Lipinski definition) is 2. The molecule has 1 aromatic carbocycles. The number of nitrogens with one attached hydrogen (secondary N) is 1. The molecule has 0 saturated carbocycles. The van der Waals surface area contributed by atoms with Crippen molar-refractivity contribution in [1.29, 1.82) is 0 Å². The molecule has 2 N–H and O–H groups in total. The fourth-order valence-electron chi connectivity index (χ4n) is 4.11. The van der Waals surface area contributed by atoms with Gasteiger partial charge in [0.25, 0.3) is 11.5 Å². The highest BCUT2D eigenvalue weighted by Gasteiger charge is 2.38. The molecule has 3 heterocycles. The van der Waals surface area contributed by atoms with Crippen LogP contribution in [0.3, 0.4) is 0 Å². The van der Waals surface area contributed by atoms with Gasteiger partial charge in [0.15, 0.2) is 5.82 Å². The number of aliphatic carboxylic acids is 1. The van der Waals surface area contributed by atoms with Gasteiger partial charge in [0.1, 0.15) is 18.4 Å². The first-order chi connectivity index (χ1) is 20.0. The first-order valence-corrected chi connectivity index (χ1v) is 13.1. The van der Waals surface area contributed by atoms with Crippen LogP contribution in [0.15, 0.2) is 27.5 Å². The van der Waals surface area contributed by atoms with Gasteiger partial charge in [0.2, 0.25) is 11.8 Å². The number of hydrogen-bond acceptors (Lipinski definition) is 8. The Balaban J connectivity index is 0.000000646. The summed E-state index contributed by atoms with van der Waals surface area (Å²) in [6.07, 6.45) is -4.77. The molecule has 2 aromatic heterocycles. The number of alkyl halides is 3. The van der Waals surface area contributed by atoms with Gasteiger partial charge in [-0.05, 0) is 44.0 Å². The van der Waals surface area contributed by atoms with Crippen molar-refractivity contribution in [1.82, 2.24) is 30.1 Å². The molecule has 1 aliphatic heterocycles. The molecule has 43 heavy (non-hydrogen) atoms. The van der Waals surface area contributed by atoms with E-state index in [1.54, 1.807) is 31.7 Å². The molecule has 1 unspecified atom stereocenters. The van der Waals surface area contributed by atoms with Crippen LogP contribution in [0.25, 0.3) is 0 Å². The zero-order valence-electron chi connectivity index (χ0n) is 24.0. The van der Waals surface area contributed by atoms with Gasteiger partial charge in [-0.25, -0.2) is 14.3 Å². The molecule has 3 aromatic rings. The van der Waals surface area contributed by atoms with Crippen LogP contribution in [0.5, 0.6) is 0 Å². The number of carbonyl (C=O) groups is 3. The minimum Gasteiger partial charge on any atom is -0.475 e. The Bertz CT molecular complexity index is 1570. The lowest BCUT2D eigenvalue weighted by atomic mass is 10.0. The minimum atomic E-state index is -5.08. The fourth-order valence-corrected chi connectivity index (χ4v) is 4.11. The van der Waals surface area contributed by atoms with E-state index in [1.807, 2.05) is 13.8 Å². The van der Waals surface area contributed by atoms with E-state index in [2.05, 4.69) is 20.3 Å². The van der Waals surface area contributed by atoms with Crippen LogP contribution in [0.4, 0.5) is 17.6 Å². The van der Waals surface area contributed by atoms with E-state index in [-0.39, 0.29) is 42.6 Å². The number of carboxylic acid groups (broad SMARTS) is 1. The van der Waals surface area contributed by atoms with E-state index in [0.717, 1.165) is 5.56 Å². The molecule has 4 rings (SSSR count). The Hall–Kier alpha value is -4.63. The number of amides is 2. The number of carbonyl (C=O) groups excluding carboxylic acids is 2. The molecule has 0 aliphatic carbocycles. The number of nitrogens with zero attached hydrogens (tertiary/aromatic N) is 5. The van der Waals surface area contributed by atoms with E-state index >= 15 is 0 Å². The maximum atomic E-state index is 14.7. The fraction of sp³-hybridized carbons (Fsp3) is 0.444. The van der Waals surface area contributed by atoms with Crippen molar-refractivity contribution in [3.63, 3.8) is 0 Å². The Morgan fingerprint density at radius 3 is 2.33 bits per heavy atom. The number of H-pyrrole nitrogens is 1. The standard InChI is InChI=1S/C25H29FN6O4.C2HF3O2/c1-13(2)22-27-24(36-30-22)16(5)32-9-8-31(12-21(32)33)25(35)18-10-17(6-7-19(18)26)11-20-14(3)15(4)23(34)29-28-20;3-2(4,5)1(6)7/h6-7,10,13,16H,8-9,11-12H2,1-5H3,(H,29,34);(H,6,7). The van der Waals surface area contributed by atoms with Crippen molar-refractivity contribution in [3.8, 4) is 0 Å². The van der Waals surface area contributed by atoms with Crippen LogP contribution in [0.2, 0.25) is 0 Å². The highest BCUT2D eigenvalue weighted by molar-refractivity contribution is 5.97. The van der Waals surface area contributed by atoms with E-state index in [4.69, 9.17) is 14.4 Å².